The van der Waals surface area contributed by atoms with E-state index in [0.29, 0.717) is 19.6 Å². The van der Waals surface area contributed by atoms with E-state index in [4.69, 9.17) is 9.47 Å². The zero-order chi connectivity index (χ0) is 25.7. The lowest BCUT2D eigenvalue weighted by molar-refractivity contribution is -0.154. The quantitative estimate of drug-likeness (QED) is 0.0666. The number of esters is 1. The summed E-state index contributed by atoms with van der Waals surface area (Å²) in [5.74, 6) is -0.204. The van der Waals surface area contributed by atoms with Crippen molar-refractivity contribution >= 4 is 5.97 Å². The Bertz CT molecular complexity index is 449. The second kappa shape index (κ2) is 29.4. The first-order valence-electron chi connectivity index (χ1n) is 15.3. The number of allylic oxidation sites excluding steroid dienone is 2. The van der Waals surface area contributed by atoms with Crippen LogP contribution in [0.2, 0.25) is 0 Å². The van der Waals surface area contributed by atoms with Crippen LogP contribution in [0, 0.1) is 0 Å². The molecule has 0 heterocycles. The summed E-state index contributed by atoms with van der Waals surface area (Å²) in [5.41, 5.74) is 0. The summed E-state index contributed by atoms with van der Waals surface area (Å²) in [4.78, 5) is 12.0. The Balaban J connectivity index is 3.44. The van der Waals surface area contributed by atoms with Gasteiger partial charge in [0.1, 0.15) is 6.10 Å². The fourth-order valence-corrected chi connectivity index (χ4v) is 4.27. The smallest absolute Gasteiger partial charge is 0.306 e. The average Bonchev–Trinajstić information content (AvgIpc) is 2.86. The van der Waals surface area contributed by atoms with Crippen LogP contribution >= 0.6 is 0 Å². The lowest BCUT2D eigenvalue weighted by atomic mass is 10.0. The van der Waals surface area contributed by atoms with Gasteiger partial charge in [-0.05, 0) is 32.1 Å². The summed E-state index contributed by atoms with van der Waals surface area (Å²) in [6, 6.07) is 0. The van der Waals surface area contributed by atoms with Gasteiger partial charge in [-0.25, -0.2) is 0 Å². The van der Waals surface area contributed by atoms with Gasteiger partial charge in [0.15, 0.2) is 0 Å². The first-order valence-corrected chi connectivity index (χ1v) is 15.3. The molecular weight excluding hydrogens is 436 g/mol. The molecule has 4 nitrogen and oxygen atoms in total. The summed E-state index contributed by atoms with van der Waals surface area (Å²) in [6.07, 6.45) is 30.9. The molecule has 1 atom stereocenters. The zero-order valence-electron chi connectivity index (χ0n) is 23.6. The highest BCUT2D eigenvalue weighted by Gasteiger charge is 2.13. The summed E-state index contributed by atoms with van der Waals surface area (Å²) in [6.45, 7) is 5.28. The minimum absolute atomic E-state index is 0.170. The second-order valence-electron chi connectivity index (χ2n) is 10.2. The van der Waals surface area contributed by atoms with Crippen molar-refractivity contribution in [3.8, 4) is 0 Å². The van der Waals surface area contributed by atoms with Gasteiger partial charge in [-0.15, -0.1) is 0 Å². The van der Waals surface area contributed by atoms with Gasteiger partial charge in [-0.3, -0.25) is 4.79 Å². The molecule has 4 heteroatoms. The molecule has 1 unspecified atom stereocenters. The normalized spacial score (nSPS) is 12.4. The standard InChI is InChI=1S/C31H60O4/c1-3-5-7-9-11-13-15-16-18-20-22-24-26-31(33)35-30(28-32)29-34-27-25-23-21-19-17-14-12-10-8-6-4-2/h8,10,30,32H,3-7,9,11-29H2,1-2H3/b10-8-. The van der Waals surface area contributed by atoms with E-state index < -0.39 is 6.10 Å². The Morgan fingerprint density at radius 3 is 1.74 bits per heavy atom. The predicted molar refractivity (Wildman–Crippen MR) is 150 cm³/mol. The number of carbonyl (C=O) groups excluding carboxylic acids is 1. The number of aliphatic hydroxyl groups is 1. The third-order valence-corrected chi connectivity index (χ3v) is 6.57. The number of rotatable bonds is 28. The summed E-state index contributed by atoms with van der Waals surface area (Å²) in [5, 5.41) is 9.48. The largest absolute Gasteiger partial charge is 0.457 e. The molecular formula is C31H60O4. The van der Waals surface area contributed by atoms with Gasteiger partial charge in [0.05, 0.1) is 13.2 Å². The molecule has 0 rings (SSSR count). The molecule has 0 aromatic carbocycles. The highest BCUT2D eigenvalue weighted by Crippen LogP contribution is 2.13. The topological polar surface area (TPSA) is 55.8 Å². The summed E-state index contributed by atoms with van der Waals surface area (Å²) < 4.78 is 11.0. The third-order valence-electron chi connectivity index (χ3n) is 6.57. The molecule has 1 N–H and O–H groups in total. The predicted octanol–water partition coefficient (Wildman–Crippen LogP) is 9.09. The summed E-state index contributed by atoms with van der Waals surface area (Å²) in [7, 11) is 0. The first-order chi connectivity index (χ1) is 17.2. The Labute approximate surface area is 218 Å². The molecule has 0 aromatic heterocycles. The highest BCUT2D eigenvalue weighted by atomic mass is 16.6. The number of hydrogen-bond acceptors (Lipinski definition) is 4. The fraction of sp³-hybridized carbons (Fsp3) is 0.903. The van der Waals surface area contributed by atoms with E-state index in [1.165, 1.54) is 116 Å². The van der Waals surface area contributed by atoms with Crippen LogP contribution in [-0.4, -0.2) is 37.0 Å². The molecule has 0 spiro atoms. The van der Waals surface area contributed by atoms with Gasteiger partial charge in [0.2, 0.25) is 0 Å². The molecule has 0 aliphatic rings. The van der Waals surface area contributed by atoms with Crippen LogP contribution in [0.15, 0.2) is 12.2 Å². The summed E-state index contributed by atoms with van der Waals surface area (Å²) >= 11 is 0. The molecule has 0 fully saturated rings. The van der Waals surface area contributed by atoms with Crippen molar-refractivity contribution in [1.82, 2.24) is 0 Å². The SMILES string of the molecule is CCC/C=C\CCCCCCCCOCC(CO)OC(=O)CCCCCCCCCCCCCC. The molecule has 0 aliphatic carbocycles. The minimum Gasteiger partial charge on any atom is -0.457 e. The van der Waals surface area contributed by atoms with E-state index in [9.17, 15) is 9.90 Å². The maximum atomic E-state index is 12.0. The Kier molecular flexibility index (Phi) is 28.6. The van der Waals surface area contributed by atoms with Crippen LogP contribution in [-0.2, 0) is 14.3 Å². The molecule has 0 bridgehead atoms. The third kappa shape index (κ3) is 27.6. The Hall–Kier alpha value is -0.870. The van der Waals surface area contributed by atoms with Gasteiger partial charge in [-0.1, -0.05) is 129 Å². The van der Waals surface area contributed by atoms with Crippen molar-refractivity contribution in [2.75, 3.05) is 19.8 Å². The van der Waals surface area contributed by atoms with E-state index in [2.05, 4.69) is 26.0 Å². The van der Waals surface area contributed by atoms with Gasteiger partial charge >= 0.3 is 5.97 Å². The van der Waals surface area contributed by atoms with Crippen LogP contribution in [0.4, 0.5) is 0 Å². The number of hydrogen-bond donors (Lipinski definition) is 1. The van der Waals surface area contributed by atoms with Crippen molar-refractivity contribution in [3.63, 3.8) is 0 Å². The van der Waals surface area contributed by atoms with E-state index in [0.717, 1.165) is 19.3 Å². The number of aliphatic hydroxyl groups excluding tert-OH is 1. The molecule has 0 aromatic rings. The molecule has 208 valence electrons. The van der Waals surface area contributed by atoms with Crippen LogP contribution in [0.5, 0.6) is 0 Å². The molecule has 0 amide bonds. The van der Waals surface area contributed by atoms with Crippen molar-refractivity contribution < 1.29 is 19.4 Å². The van der Waals surface area contributed by atoms with E-state index in [-0.39, 0.29) is 12.6 Å². The van der Waals surface area contributed by atoms with Gasteiger partial charge in [0, 0.05) is 13.0 Å². The fourth-order valence-electron chi connectivity index (χ4n) is 4.27. The number of unbranched alkanes of at least 4 members (excludes halogenated alkanes) is 18. The van der Waals surface area contributed by atoms with Crippen molar-refractivity contribution in [1.29, 1.82) is 0 Å². The first kappa shape index (κ1) is 34.1. The molecule has 0 saturated heterocycles. The molecule has 35 heavy (non-hydrogen) atoms. The van der Waals surface area contributed by atoms with Gasteiger partial charge in [-0.2, -0.15) is 0 Å². The second-order valence-corrected chi connectivity index (χ2v) is 10.2. The van der Waals surface area contributed by atoms with Crippen LogP contribution < -0.4 is 0 Å². The van der Waals surface area contributed by atoms with E-state index in [1.54, 1.807) is 0 Å². The lowest BCUT2D eigenvalue weighted by Crippen LogP contribution is -2.27. The van der Waals surface area contributed by atoms with Gasteiger partial charge < -0.3 is 14.6 Å². The maximum Gasteiger partial charge on any atom is 0.306 e. The molecule has 0 aliphatic heterocycles. The van der Waals surface area contributed by atoms with Crippen LogP contribution in [0.3, 0.4) is 0 Å². The molecule has 0 saturated carbocycles. The maximum absolute atomic E-state index is 12.0. The Morgan fingerprint density at radius 2 is 1.17 bits per heavy atom. The van der Waals surface area contributed by atoms with Crippen molar-refractivity contribution in [2.24, 2.45) is 0 Å². The van der Waals surface area contributed by atoms with Crippen molar-refractivity contribution in [3.05, 3.63) is 12.2 Å². The van der Waals surface area contributed by atoms with Crippen LogP contribution in [0.25, 0.3) is 0 Å². The monoisotopic (exact) mass is 496 g/mol. The van der Waals surface area contributed by atoms with Crippen molar-refractivity contribution in [2.45, 2.75) is 161 Å². The van der Waals surface area contributed by atoms with Crippen LogP contribution in [0.1, 0.15) is 155 Å². The number of carbonyl (C=O) groups is 1. The zero-order valence-corrected chi connectivity index (χ0v) is 23.6. The molecule has 0 radical (unpaired) electrons. The van der Waals surface area contributed by atoms with E-state index >= 15 is 0 Å². The minimum atomic E-state index is -0.527. The highest BCUT2D eigenvalue weighted by molar-refractivity contribution is 5.69. The van der Waals surface area contributed by atoms with E-state index in [1.807, 2.05) is 0 Å². The lowest BCUT2D eigenvalue weighted by Gasteiger charge is -2.15. The average molecular weight is 497 g/mol. The number of ether oxygens (including phenoxy) is 2. The van der Waals surface area contributed by atoms with Gasteiger partial charge in [0.25, 0.3) is 0 Å². The Morgan fingerprint density at radius 1 is 0.657 bits per heavy atom.